The molecule has 3 N–H and O–H groups in total. The second-order valence-corrected chi connectivity index (χ2v) is 11.3. The molecule has 1 fully saturated rings. The lowest BCUT2D eigenvalue weighted by Crippen LogP contribution is -2.40. The summed E-state index contributed by atoms with van der Waals surface area (Å²) in [7, 11) is 0. The van der Waals surface area contributed by atoms with Crippen LogP contribution in [0.5, 0.6) is 0 Å². The lowest BCUT2D eigenvalue weighted by molar-refractivity contribution is -0.153. The van der Waals surface area contributed by atoms with Gasteiger partial charge < -0.3 is 10.8 Å². The van der Waals surface area contributed by atoms with Crippen molar-refractivity contribution in [3.63, 3.8) is 0 Å². The summed E-state index contributed by atoms with van der Waals surface area (Å²) in [6, 6.07) is 12.9. The number of fused-ring (bicyclic) bond motifs is 1. The Morgan fingerprint density at radius 3 is 2.44 bits per heavy atom. The largest absolute Gasteiger partial charge is 0.481 e. The van der Waals surface area contributed by atoms with Crippen LogP contribution in [0.25, 0.3) is 16.8 Å². The minimum Gasteiger partial charge on any atom is -0.481 e. The van der Waals surface area contributed by atoms with Crippen LogP contribution in [0, 0.1) is 10.8 Å². The molecule has 9 heteroatoms. The first-order valence-electron chi connectivity index (χ1n) is 12.9. The lowest BCUT2D eigenvalue weighted by Gasteiger charge is -2.38. The van der Waals surface area contributed by atoms with Crippen molar-refractivity contribution >= 4 is 17.3 Å². The van der Waals surface area contributed by atoms with Crippen molar-refractivity contribution in [2.75, 3.05) is 5.73 Å². The van der Waals surface area contributed by atoms with E-state index in [1.54, 1.807) is 25.4 Å². The third-order valence-corrected chi connectivity index (χ3v) is 9.02. The number of rotatable bonds is 5. The Bertz CT molecular complexity index is 1560. The van der Waals surface area contributed by atoms with E-state index in [0.29, 0.717) is 35.4 Å². The van der Waals surface area contributed by atoms with Gasteiger partial charge in [0, 0.05) is 29.8 Å². The number of imidazole rings is 1. The van der Waals surface area contributed by atoms with Crippen molar-refractivity contribution in [1.82, 2.24) is 14.4 Å². The number of carboxylic acids is 1. The Morgan fingerprint density at radius 1 is 1.13 bits per heavy atom. The highest BCUT2D eigenvalue weighted by molar-refractivity contribution is 5.85. The third-order valence-electron chi connectivity index (χ3n) is 9.02. The predicted octanol–water partition coefficient (Wildman–Crippen LogP) is 7.14. The van der Waals surface area contributed by atoms with Crippen LogP contribution in [0.1, 0.15) is 74.9 Å². The topological polar surface area (TPSA) is 93.5 Å². The van der Waals surface area contributed by atoms with Gasteiger partial charge in [0.2, 0.25) is 0 Å². The molecule has 3 atom stereocenters. The normalized spacial score (nSPS) is 21.8. The number of aromatic nitrogens is 3. The van der Waals surface area contributed by atoms with Crippen LogP contribution >= 0.6 is 0 Å². The lowest BCUT2D eigenvalue weighted by atomic mass is 9.65. The van der Waals surface area contributed by atoms with E-state index >= 15 is 0 Å². The molecule has 0 amide bonds. The summed E-state index contributed by atoms with van der Waals surface area (Å²) in [5.74, 6) is -0.144. The molecule has 0 spiro atoms. The van der Waals surface area contributed by atoms with Gasteiger partial charge in [-0.05, 0) is 42.4 Å². The van der Waals surface area contributed by atoms with Crippen molar-refractivity contribution in [2.24, 2.45) is 10.8 Å². The molecule has 2 heterocycles. The average Bonchev–Trinajstić information content (AvgIpc) is 3.39. The molecule has 4 aromatic rings. The molecular formula is C30H31F3N4O2. The minimum atomic E-state index is -4.40. The van der Waals surface area contributed by atoms with Gasteiger partial charge in [0.15, 0.2) is 0 Å². The van der Waals surface area contributed by atoms with Gasteiger partial charge in [-0.25, -0.2) is 9.97 Å². The molecule has 2 aromatic carbocycles. The molecule has 1 saturated carbocycles. The number of carbonyl (C=O) groups is 1. The molecule has 0 unspecified atom stereocenters. The van der Waals surface area contributed by atoms with Gasteiger partial charge >= 0.3 is 12.1 Å². The highest BCUT2D eigenvalue weighted by atomic mass is 19.4. The van der Waals surface area contributed by atoms with Gasteiger partial charge in [-0.3, -0.25) is 9.20 Å². The molecule has 1 aliphatic rings. The van der Waals surface area contributed by atoms with Crippen LogP contribution in [-0.2, 0) is 11.0 Å². The molecular weight excluding hydrogens is 505 g/mol. The zero-order valence-electron chi connectivity index (χ0n) is 22.3. The molecule has 0 radical (unpaired) electrons. The minimum absolute atomic E-state index is 0.123. The van der Waals surface area contributed by atoms with E-state index in [9.17, 15) is 23.1 Å². The molecule has 0 saturated heterocycles. The Labute approximate surface area is 224 Å². The summed E-state index contributed by atoms with van der Waals surface area (Å²) in [4.78, 5) is 21.5. The fraction of sp³-hybridized carbons (Fsp3) is 0.367. The number of anilines is 1. The van der Waals surface area contributed by atoms with Gasteiger partial charge in [-0.2, -0.15) is 13.2 Å². The van der Waals surface area contributed by atoms with Gasteiger partial charge in [-0.15, -0.1) is 0 Å². The number of benzene rings is 2. The highest BCUT2D eigenvalue weighted by Gasteiger charge is 2.57. The van der Waals surface area contributed by atoms with Crippen LogP contribution in [0.4, 0.5) is 19.0 Å². The van der Waals surface area contributed by atoms with E-state index in [0.717, 1.165) is 23.0 Å². The second kappa shape index (κ2) is 9.10. The first kappa shape index (κ1) is 26.7. The maximum Gasteiger partial charge on any atom is 0.416 e. The second-order valence-electron chi connectivity index (χ2n) is 11.3. The molecule has 1 aliphatic carbocycles. The summed E-state index contributed by atoms with van der Waals surface area (Å²) in [6.45, 7) is 7.63. The van der Waals surface area contributed by atoms with Crippen LogP contribution < -0.4 is 5.73 Å². The SMILES string of the molecule is C[C@@H](c1ccc(-c2nc([C@H]3CC[C@@](C)(C(=O)O)C3(C)C)n3ccnc(N)c23)cc1)c1cccc(C(F)(F)F)c1. The molecule has 0 aliphatic heterocycles. The quantitative estimate of drug-likeness (QED) is 0.283. The van der Waals surface area contributed by atoms with Crippen molar-refractivity contribution in [1.29, 1.82) is 0 Å². The number of nitrogens with two attached hydrogens (primary N) is 1. The number of nitrogens with zero attached hydrogens (tertiary/aromatic N) is 3. The Morgan fingerprint density at radius 2 is 1.82 bits per heavy atom. The standard InChI is InChI=1S/C30H31F3N4O2/c1-17(20-6-5-7-21(16-20)30(31,32)33)18-8-10-19(11-9-18)23-24-25(34)35-14-15-37(24)26(36-23)22-12-13-29(4,27(38)39)28(22,2)3/h5-11,14-17,22H,12-13H2,1-4H3,(H2,34,35)(H,38,39)/t17-,22+,29-/m0/s1. The van der Waals surface area contributed by atoms with Gasteiger partial charge in [-0.1, -0.05) is 63.2 Å². The molecule has 5 rings (SSSR count). The monoisotopic (exact) mass is 536 g/mol. The average molecular weight is 537 g/mol. The van der Waals surface area contributed by atoms with Gasteiger partial charge in [0.25, 0.3) is 0 Å². The number of halogens is 3. The molecule has 2 aromatic heterocycles. The summed E-state index contributed by atoms with van der Waals surface area (Å²) in [5.41, 5.74) is 7.68. The van der Waals surface area contributed by atoms with Gasteiger partial charge in [0.1, 0.15) is 22.9 Å². The van der Waals surface area contributed by atoms with Crippen molar-refractivity contribution in [2.45, 2.75) is 58.5 Å². The number of hydrogen-bond donors (Lipinski definition) is 2. The Balaban J connectivity index is 1.54. The van der Waals surface area contributed by atoms with Crippen LogP contribution in [0.3, 0.4) is 0 Å². The summed E-state index contributed by atoms with van der Waals surface area (Å²) < 4.78 is 41.6. The van der Waals surface area contributed by atoms with E-state index in [2.05, 4.69) is 4.98 Å². The maximum absolute atomic E-state index is 13.2. The summed E-state index contributed by atoms with van der Waals surface area (Å²) >= 11 is 0. The fourth-order valence-electron chi connectivity index (χ4n) is 5.98. The van der Waals surface area contributed by atoms with Crippen molar-refractivity contribution in [3.8, 4) is 11.3 Å². The molecule has 6 nitrogen and oxygen atoms in total. The number of carboxylic acid groups (broad SMARTS) is 1. The summed E-state index contributed by atoms with van der Waals surface area (Å²) in [5, 5.41) is 10.0. The smallest absolute Gasteiger partial charge is 0.416 e. The van der Waals surface area contributed by atoms with E-state index in [1.807, 2.05) is 49.4 Å². The zero-order valence-corrected chi connectivity index (χ0v) is 22.3. The van der Waals surface area contributed by atoms with E-state index in [-0.39, 0.29) is 11.8 Å². The molecule has 0 bridgehead atoms. The number of hydrogen-bond acceptors (Lipinski definition) is 4. The fourth-order valence-corrected chi connectivity index (χ4v) is 5.98. The first-order valence-corrected chi connectivity index (χ1v) is 12.9. The maximum atomic E-state index is 13.2. The van der Waals surface area contributed by atoms with E-state index in [4.69, 9.17) is 10.7 Å². The van der Waals surface area contributed by atoms with E-state index < -0.39 is 28.5 Å². The number of alkyl halides is 3. The van der Waals surface area contributed by atoms with Crippen molar-refractivity contribution < 1.29 is 23.1 Å². The van der Waals surface area contributed by atoms with Crippen LogP contribution in [0.2, 0.25) is 0 Å². The molecule has 204 valence electrons. The zero-order chi connectivity index (χ0) is 28.3. The van der Waals surface area contributed by atoms with E-state index in [1.165, 1.54) is 12.1 Å². The summed E-state index contributed by atoms with van der Waals surface area (Å²) in [6.07, 6.45) is 0.212. The van der Waals surface area contributed by atoms with Gasteiger partial charge in [0.05, 0.1) is 11.0 Å². The third kappa shape index (κ3) is 4.24. The number of nitrogen functional groups attached to an aromatic ring is 1. The molecule has 39 heavy (non-hydrogen) atoms. The van der Waals surface area contributed by atoms with Crippen molar-refractivity contribution in [3.05, 3.63) is 83.4 Å². The first-order chi connectivity index (χ1) is 18.3. The van der Waals surface area contributed by atoms with Crippen LogP contribution in [-0.4, -0.2) is 25.4 Å². The highest BCUT2D eigenvalue weighted by Crippen LogP contribution is 2.60. The number of aliphatic carboxylic acids is 1. The Kier molecular flexibility index (Phi) is 6.24. The van der Waals surface area contributed by atoms with Crippen LogP contribution in [0.15, 0.2) is 60.9 Å². The Hall–Kier alpha value is -3.88. The predicted molar refractivity (Wildman–Crippen MR) is 143 cm³/mol.